The number of imide groups is 1. The number of rotatable bonds is 6. The minimum absolute atomic E-state index is 0.0253. The third-order valence-electron chi connectivity index (χ3n) is 4.85. The van der Waals surface area contributed by atoms with Crippen LogP contribution in [0.5, 0.6) is 0 Å². The molecule has 1 unspecified atom stereocenters. The van der Waals surface area contributed by atoms with E-state index in [2.05, 4.69) is 15.6 Å². The van der Waals surface area contributed by atoms with Crippen molar-refractivity contribution in [2.75, 3.05) is 13.1 Å². The molecular weight excluding hydrogens is 376 g/mol. The number of benzene rings is 1. The molecule has 1 aliphatic heterocycles. The van der Waals surface area contributed by atoms with Gasteiger partial charge in [0, 0.05) is 35.1 Å². The normalized spacial score (nSPS) is 17.0. The van der Waals surface area contributed by atoms with E-state index in [1.54, 1.807) is 0 Å². The van der Waals surface area contributed by atoms with E-state index in [0.29, 0.717) is 13.0 Å². The lowest BCUT2D eigenvalue weighted by Crippen LogP contribution is -2.58. The number of H-pyrrole nitrogens is 1. The average molecular weight is 396 g/mol. The molecule has 3 N–H and O–H groups in total. The van der Waals surface area contributed by atoms with Crippen molar-refractivity contribution in [1.82, 2.24) is 20.5 Å². The van der Waals surface area contributed by atoms with Gasteiger partial charge in [-0.05, 0) is 29.5 Å². The van der Waals surface area contributed by atoms with Crippen molar-refractivity contribution in [3.05, 3.63) is 58.4 Å². The predicted molar refractivity (Wildman–Crippen MR) is 107 cm³/mol. The van der Waals surface area contributed by atoms with Crippen LogP contribution in [0.25, 0.3) is 10.9 Å². The van der Waals surface area contributed by atoms with Crippen molar-refractivity contribution in [2.45, 2.75) is 13.0 Å². The number of carbonyl (C=O) groups is 3. The van der Waals surface area contributed by atoms with Crippen molar-refractivity contribution in [1.29, 1.82) is 0 Å². The van der Waals surface area contributed by atoms with Crippen LogP contribution < -0.4 is 10.6 Å². The first-order valence-electron chi connectivity index (χ1n) is 9.08. The lowest BCUT2D eigenvalue weighted by Gasteiger charge is -2.30. The maximum Gasteiger partial charge on any atom is 0.324 e. The number of nitrogens with zero attached hydrogens (tertiary/aromatic N) is 1. The SMILES string of the molecule is O=C(NCCc1c[nH]c2ccccc12)C1CNC(=O)N(Cc2cccs2)C1=O. The summed E-state index contributed by atoms with van der Waals surface area (Å²) in [6, 6.07) is 11.2. The maximum absolute atomic E-state index is 12.7. The Balaban J connectivity index is 1.36. The largest absolute Gasteiger partial charge is 0.361 e. The van der Waals surface area contributed by atoms with Crippen LogP contribution in [0.3, 0.4) is 0 Å². The summed E-state index contributed by atoms with van der Waals surface area (Å²) in [6.07, 6.45) is 2.59. The molecule has 1 aliphatic rings. The minimum Gasteiger partial charge on any atom is -0.361 e. The Kier molecular flexibility index (Phi) is 5.12. The van der Waals surface area contributed by atoms with Gasteiger partial charge in [-0.3, -0.25) is 14.5 Å². The standard InChI is InChI=1S/C20H20N4O3S/c25-18(21-8-7-13-10-22-17-6-2-1-5-15(13)17)16-11-23-20(27)24(19(16)26)12-14-4-3-9-28-14/h1-6,9-10,16,22H,7-8,11-12H2,(H,21,25)(H,23,27). The summed E-state index contributed by atoms with van der Waals surface area (Å²) in [4.78, 5) is 42.5. The first-order valence-corrected chi connectivity index (χ1v) is 9.96. The second-order valence-electron chi connectivity index (χ2n) is 6.64. The Labute approximate surface area is 165 Å². The Bertz CT molecular complexity index is 1010. The number of aromatic amines is 1. The number of amides is 4. The van der Waals surface area contributed by atoms with E-state index in [0.717, 1.165) is 26.2 Å². The number of para-hydroxylation sites is 1. The van der Waals surface area contributed by atoms with E-state index in [1.165, 1.54) is 11.3 Å². The van der Waals surface area contributed by atoms with Crippen LogP contribution >= 0.6 is 11.3 Å². The summed E-state index contributed by atoms with van der Waals surface area (Å²) in [7, 11) is 0. The molecule has 7 nitrogen and oxygen atoms in total. The molecule has 8 heteroatoms. The number of hydrogen-bond acceptors (Lipinski definition) is 4. The fourth-order valence-electron chi connectivity index (χ4n) is 3.36. The molecule has 28 heavy (non-hydrogen) atoms. The number of fused-ring (bicyclic) bond motifs is 1. The first kappa shape index (κ1) is 18.2. The maximum atomic E-state index is 12.7. The van der Waals surface area contributed by atoms with Gasteiger partial charge in [0.15, 0.2) is 0 Å². The average Bonchev–Trinajstić information content (AvgIpc) is 3.35. The molecule has 0 radical (unpaired) electrons. The highest BCUT2D eigenvalue weighted by molar-refractivity contribution is 7.09. The van der Waals surface area contributed by atoms with Gasteiger partial charge in [-0.15, -0.1) is 11.3 Å². The number of aromatic nitrogens is 1. The summed E-state index contributed by atoms with van der Waals surface area (Å²) >= 11 is 1.47. The van der Waals surface area contributed by atoms with Crippen LogP contribution in [-0.4, -0.2) is 40.8 Å². The number of nitrogens with one attached hydrogen (secondary N) is 3. The molecule has 0 aliphatic carbocycles. The molecular formula is C20H20N4O3S. The van der Waals surface area contributed by atoms with Crippen molar-refractivity contribution in [3.63, 3.8) is 0 Å². The number of thiophene rings is 1. The molecule has 0 bridgehead atoms. The Morgan fingerprint density at radius 2 is 2.07 bits per heavy atom. The van der Waals surface area contributed by atoms with Crippen LogP contribution in [0.15, 0.2) is 48.0 Å². The van der Waals surface area contributed by atoms with Gasteiger partial charge < -0.3 is 15.6 Å². The Morgan fingerprint density at radius 3 is 2.89 bits per heavy atom. The van der Waals surface area contributed by atoms with Gasteiger partial charge >= 0.3 is 6.03 Å². The van der Waals surface area contributed by atoms with Crippen molar-refractivity contribution < 1.29 is 14.4 Å². The van der Waals surface area contributed by atoms with Crippen LogP contribution in [0.4, 0.5) is 4.79 Å². The van der Waals surface area contributed by atoms with Gasteiger partial charge in [0.05, 0.1) is 6.54 Å². The zero-order valence-electron chi connectivity index (χ0n) is 15.1. The Morgan fingerprint density at radius 1 is 1.21 bits per heavy atom. The third-order valence-corrected chi connectivity index (χ3v) is 5.71. The predicted octanol–water partition coefficient (Wildman–Crippen LogP) is 2.26. The summed E-state index contributed by atoms with van der Waals surface area (Å²) in [5, 5.41) is 8.48. The van der Waals surface area contributed by atoms with Crippen LogP contribution in [-0.2, 0) is 22.6 Å². The van der Waals surface area contributed by atoms with E-state index in [9.17, 15) is 14.4 Å². The monoisotopic (exact) mass is 396 g/mol. The number of hydrogen-bond donors (Lipinski definition) is 3. The van der Waals surface area contributed by atoms with Gasteiger partial charge in [0.25, 0.3) is 0 Å². The number of urea groups is 1. The molecule has 1 atom stereocenters. The zero-order chi connectivity index (χ0) is 19.5. The van der Waals surface area contributed by atoms with E-state index in [1.807, 2.05) is 48.0 Å². The smallest absolute Gasteiger partial charge is 0.324 e. The molecule has 144 valence electrons. The third kappa shape index (κ3) is 3.63. The summed E-state index contributed by atoms with van der Waals surface area (Å²) in [6.45, 7) is 0.627. The molecule has 1 saturated heterocycles. The topological polar surface area (TPSA) is 94.3 Å². The van der Waals surface area contributed by atoms with E-state index in [4.69, 9.17) is 0 Å². The highest BCUT2D eigenvalue weighted by Crippen LogP contribution is 2.19. The zero-order valence-corrected chi connectivity index (χ0v) is 15.9. The van der Waals surface area contributed by atoms with Gasteiger partial charge in [-0.25, -0.2) is 4.79 Å². The molecule has 2 aromatic heterocycles. The fraction of sp³-hybridized carbons (Fsp3) is 0.250. The first-order chi connectivity index (χ1) is 13.6. The fourth-order valence-corrected chi connectivity index (χ4v) is 4.05. The van der Waals surface area contributed by atoms with Crippen LogP contribution in [0, 0.1) is 5.92 Å². The summed E-state index contributed by atoms with van der Waals surface area (Å²) < 4.78 is 0. The lowest BCUT2D eigenvalue weighted by molar-refractivity contribution is -0.141. The van der Waals surface area contributed by atoms with E-state index >= 15 is 0 Å². The van der Waals surface area contributed by atoms with E-state index < -0.39 is 17.9 Å². The summed E-state index contributed by atoms with van der Waals surface area (Å²) in [5.74, 6) is -1.72. The highest BCUT2D eigenvalue weighted by Gasteiger charge is 2.38. The molecule has 0 spiro atoms. The molecule has 1 fully saturated rings. The molecule has 3 heterocycles. The van der Waals surface area contributed by atoms with Crippen molar-refractivity contribution in [2.24, 2.45) is 5.92 Å². The van der Waals surface area contributed by atoms with Gasteiger partial charge in [-0.2, -0.15) is 0 Å². The van der Waals surface area contributed by atoms with Crippen molar-refractivity contribution >= 4 is 40.1 Å². The summed E-state index contributed by atoms with van der Waals surface area (Å²) in [5.41, 5.74) is 2.16. The van der Waals surface area contributed by atoms with Gasteiger partial charge in [0.2, 0.25) is 11.8 Å². The molecule has 3 aromatic rings. The second kappa shape index (κ2) is 7.85. The van der Waals surface area contributed by atoms with E-state index in [-0.39, 0.29) is 19.0 Å². The molecule has 4 rings (SSSR count). The van der Waals surface area contributed by atoms with Gasteiger partial charge in [-0.1, -0.05) is 24.3 Å². The lowest BCUT2D eigenvalue weighted by atomic mass is 10.0. The van der Waals surface area contributed by atoms with Gasteiger partial charge in [0.1, 0.15) is 5.92 Å². The van der Waals surface area contributed by atoms with Crippen molar-refractivity contribution in [3.8, 4) is 0 Å². The quantitative estimate of drug-likeness (QED) is 0.558. The van der Waals surface area contributed by atoms with Crippen LogP contribution in [0.2, 0.25) is 0 Å². The molecule has 4 amide bonds. The number of carbonyl (C=O) groups excluding carboxylic acids is 3. The van der Waals surface area contributed by atoms with Crippen LogP contribution in [0.1, 0.15) is 10.4 Å². The molecule has 0 saturated carbocycles. The minimum atomic E-state index is -0.902. The molecule has 1 aromatic carbocycles. The Hall–Kier alpha value is -3.13. The second-order valence-corrected chi connectivity index (χ2v) is 7.68. The highest BCUT2D eigenvalue weighted by atomic mass is 32.1.